The summed E-state index contributed by atoms with van der Waals surface area (Å²) >= 11 is 0. The van der Waals surface area contributed by atoms with Gasteiger partial charge in [-0.1, -0.05) is 42.5 Å². The average molecular weight is 313 g/mol. The van der Waals surface area contributed by atoms with Gasteiger partial charge in [-0.05, 0) is 31.5 Å². The molecule has 3 rings (SSSR count). The average Bonchev–Trinajstić information content (AvgIpc) is 2.61. The molecule has 4 heteroatoms. The van der Waals surface area contributed by atoms with Crippen molar-refractivity contribution in [3.05, 3.63) is 59.9 Å². The van der Waals surface area contributed by atoms with Gasteiger partial charge < -0.3 is 14.8 Å². The SMILES string of the molecule is CCOC(=O)[C@@H]1NCC[C@@]2(c3ccccc3)C=CC=C(OC)[C@@H]12. The molecule has 122 valence electrons. The molecule has 1 aliphatic carbocycles. The van der Waals surface area contributed by atoms with Crippen LogP contribution in [-0.4, -0.2) is 32.3 Å². The Kier molecular flexibility index (Phi) is 4.53. The van der Waals surface area contributed by atoms with Crippen molar-refractivity contribution < 1.29 is 14.3 Å². The van der Waals surface area contributed by atoms with E-state index in [1.807, 2.05) is 37.3 Å². The van der Waals surface area contributed by atoms with Crippen molar-refractivity contribution >= 4 is 5.97 Å². The summed E-state index contributed by atoms with van der Waals surface area (Å²) in [5.41, 5.74) is 0.962. The predicted molar refractivity (Wildman–Crippen MR) is 88.9 cm³/mol. The molecule has 1 saturated heterocycles. The van der Waals surface area contributed by atoms with Crippen LogP contribution in [0.15, 0.2) is 54.3 Å². The van der Waals surface area contributed by atoms with Crippen LogP contribution in [0.5, 0.6) is 0 Å². The molecule has 1 aromatic rings. The number of esters is 1. The summed E-state index contributed by atoms with van der Waals surface area (Å²) in [6.45, 7) is 2.97. The fraction of sp³-hybridized carbons (Fsp3) is 0.421. The van der Waals surface area contributed by atoms with E-state index in [2.05, 4.69) is 23.5 Å². The highest BCUT2D eigenvalue weighted by atomic mass is 16.5. The van der Waals surface area contributed by atoms with Crippen LogP contribution in [-0.2, 0) is 19.7 Å². The van der Waals surface area contributed by atoms with Gasteiger partial charge in [0.25, 0.3) is 0 Å². The van der Waals surface area contributed by atoms with Crippen molar-refractivity contribution in [2.24, 2.45) is 5.92 Å². The van der Waals surface area contributed by atoms with E-state index in [9.17, 15) is 4.79 Å². The van der Waals surface area contributed by atoms with E-state index in [0.29, 0.717) is 6.61 Å². The number of allylic oxidation sites excluding steroid dienone is 3. The zero-order valence-corrected chi connectivity index (χ0v) is 13.6. The van der Waals surface area contributed by atoms with Crippen LogP contribution in [0.2, 0.25) is 0 Å². The van der Waals surface area contributed by atoms with E-state index in [0.717, 1.165) is 18.7 Å². The van der Waals surface area contributed by atoms with Gasteiger partial charge in [-0.2, -0.15) is 0 Å². The third-order valence-corrected chi connectivity index (χ3v) is 4.84. The van der Waals surface area contributed by atoms with Gasteiger partial charge >= 0.3 is 5.97 Å². The first-order chi connectivity index (χ1) is 11.2. The predicted octanol–water partition coefficient (Wildman–Crippen LogP) is 2.57. The van der Waals surface area contributed by atoms with Gasteiger partial charge in [0.05, 0.1) is 19.6 Å². The lowest BCUT2D eigenvalue weighted by Gasteiger charge is -2.48. The van der Waals surface area contributed by atoms with Gasteiger partial charge in [-0.25, -0.2) is 0 Å². The van der Waals surface area contributed by atoms with E-state index in [1.54, 1.807) is 7.11 Å². The smallest absolute Gasteiger partial charge is 0.323 e. The summed E-state index contributed by atoms with van der Waals surface area (Å²) in [6.07, 6.45) is 7.11. The number of hydrogen-bond donors (Lipinski definition) is 1. The summed E-state index contributed by atoms with van der Waals surface area (Å²) in [4.78, 5) is 12.5. The molecule has 1 N–H and O–H groups in total. The minimum atomic E-state index is -0.403. The number of carbonyl (C=O) groups is 1. The van der Waals surface area contributed by atoms with Crippen LogP contribution in [0.3, 0.4) is 0 Å². The Morgan fingerprint density at radius 2 is 2.13 bits per heavy atom. The van der Waals surface area contributed by atoms with Crippen LogP contribution in [0.1, 0.15) is 18.9 Å². The molecule has 0 amide bonds. The molecule has 0 radical (unpaired) electrons. The normalized spacial score (nSPS) is 29.4. The molecule has 1 fully saturated rings. The molecule has 1 aromatic carbocycles. The maximum atomic E-state index is 12.5. The van der Waals surface area contributed by atoms with Gasteiger partial charge in [-0.3, -0.25) is 4.79 Å². The van der Waals surface area contributed by atoms with E-state index < -0.39 is 6.04 Å². The molecule has 0 saturated carbocycles. The zero-order valence-electron chi connectivity index (χ0n) is 13.6. The second-order valence-electron chi connectivity index (χ2n) is 5.95. The lowest BCUT2D eigenvalue weighted by molar-refractivity contribution is -0.148. The van der Waals surface area contributed by atoms with Crippen molar-refractivity contribution in [2.75, 3.05) is 20.3 Å². The van der Waals surface area contributed by atoms with Gasteiger partial charge in [-0.15, -0.1) is 0 Å². The molecule has 1 heterocycles. The summed E-state index contributed by atoms with van der Waals surface area (Å²) < 4.78 is 10.9. The molecular formula is C19H23NO3. The molecule has 2 aliphatic rings. The van der Waals surface area contributed by atoms with E-state index >= 15 is 0 Å². The molecule has 3 atom stereocenters. The van der Waals surface area contributed by atoms with E-state index in [1.165, 1.54) is 5.56 Å². The number of hydrogen-bond acceptors (Lipinski definition) is 4. The summed E-state index contributed by atoms with van der Waals surface area (Å²) in [5, 5.41) is 3.33. The number of fused-ring (bicyclic) bond motifs is 1. The number of methoxy groups -OCH3 is 1. The maximum absolute atomic E-state index is 12.5. The first kappa shape index (κ1) is 15.8. The minimum absolute atomic E-state index is 0.104. The Labute approximate surface area is 137 Å². The fourth-order valence-corrected chi connectivity index (χ4v) is 3.84. The Balaban J connectivity index is 2.07. The topological polar surface area (TPSA) is 47.6 Å². The second kappa shape index (κ2) is 6.59. The maximum Gasteiger partial charge on any atom is 0.323 e. The van der Waals surface area contributed by atoms with Crippen LogP contribution in [0.25, 0.3) is 0 Å². The van der Waals surface area contributed by atoms with Crippen LogP contribution in [0.4, 0.5) is 0 Å². The number of benzene rings is 1. The molecule has 4 nitrogen and oxygen atoms in total. The first-order valence-corrected chi connectivity index (χ1v) is 8.12. The van der Waals surface area contributed by atoms with Gasteiger partial charge in [0.15, 0.2) is 0 Å². The summed E-state index contributed by atoms with van der Waals surface area (Å²) in [5.74, 6) is 0.505. The molecule has 1 aliphatic heterocycles. The molecule has 0 bridgehead atoms. The molecule has 0 spiro atoms. The van der Waals surface area contributed by atoms with Crippen LogP contribution >= 0.6 is 0 Å². The molecular weight excluding hydrogens is 290 g/mol. The first-order valence-electron chi connectivity index (χ1n) is 8.12. The van der Waals surface area contributed by atoms with E-state index in [-0.39, 0.29) is 17.3 Å². The lowest BCUT2D eigenvalue weighted by Crippen LogP contribution is -2.58. The van der Waals surface area contributed by atoms with Gasteiger partial charge in [0.1, 0.15) is 11.8 Å². The number of nitrogens with one attached hydrogen (secondary N) is 1. The Hall–Kier alpha value is -2.07. The minimum Gasteiger partial charge on any atom is -0.501 e. The third-order valence-electron chi connectivity index (χ3n) is 4.84. The number of ether oxygens (including phenoxy) is 2. The Morgan fingerprint density at radius 1 is 1.35 bits per heavy atom. The zero-order chi connectivity index (χ0) is 16.3. The Morgan fingerprint density at radius 3 is 2.83 bits per heavy atom. The van der Waals surface area contributed by atoms with E-state index in [4.69, 9.17) is 9.47 Å². The number of carbonyl (C=O) groups excluding carboxylic acids is 1. The summed E-state index contributed by atoms with van der Waals surface area (Å²) in [6, 6.07) is 9.95. The quantitative estimate of drug-likeness (QED) is 0.868. The monoisotopic (exact) mass is 313 g/mol. The standard InChI is InChI=1S/C19H23NO3/c1-3-23-18(21)17-16-15(22-2)10-7-11-19(16,12-13-20-17)14-8-5-4-6-9-14/h4-11,16-17,20H,3,12-13H2,1-2H3/t16-,17+,19+/m0/s1. The van der Waals surface area contributed by atoms with Crippen molar-refractivity contribution in [2.45, 2.75) is 24.8 Å². The van der Waals surface area contributed by atoms with Crippen LogP contribution in [0, 0.1) is 5.92 Å². The highest BCUT2D eigenvalue weighted by Gasteiger charge is 2.51. The largest absolute Gasteiger partial charge is 0.501 e. The molecule has 0 unspecified atom stereocenters. The van der Waals surface area contributed by atoms with Crippen LogP contribution < -0.4 is 5.32 Å². The van der Waals surface area contributed by atoms with Gasteiger partial charge in [0, 0.05) is 5.41 Å². The van der Waals surface area contributed by atoms with Crippen molar-refractivity contribution in [3.63, 3.8) is 0 Å². The Bertz CT molecular complexity index is 623. The lowest BCUT2D eigenvalue weighted by atomic mass is 9.61. The second-order valence-corrected chi connectivity index (χ2v) is 5.95. The van der Waals surface area contributed by atoms with Crippen molar-refractivity contribution in [3.8, 4) is 0 Å². The molecule has 0 aromatic heterocycles. The number of rotatable bonds is 4. The molecule has 23 heavy (non-hydrogen) atoms. The highest BCUT2D eigenvalue weighted by molar-refractivity contribution is 5.78. The van der Waals surface area contributed by atoms with Crippen molar-refractivity contribution in [1.82, 2.24) is 5.32 Å². The highest BCUT2D eigenvalue weighted by Crippen LogP contribution is 2.47. The fourth-order valence-electron chi connectivity index (χ4n) is 3.84. The third kappa shape index (κ3) is 2.68. The van der Waals surface area contributed by atoms with Crippen molar-refractivity contribution in [1.29, 1.82) is 0 Å². The summed E-state index contributed by atoms with van der Waals surface area (Å²) in [7, 11) is 1.66. The number of piperidine rings is 1. The van der Waals surface area contributed by atoms with Gasteiger partial charge in [0.2, 0.25) is 0 Å².